The number of nitrogens with one attached hydrogen (secondary N) is 1. The lowest BCUT2D eigenvalue weighted by Gasteiger charge is -2.18. The van der Waals surface area contributed by atoms with Crippen molar-refractivity contribution in [2.24, 2.45) is 0 Å². The van der Waals surface area contributed by atoms with Crippen LogP contribution in [0.25, 0.3) is 0 Å². The summed E-state index contributed by atoms with van der Waals surface area (Å²) in [4.78, 5) is 4.12. The molecule has 2 rings (SSSR count). The molecule has 0 fully saturated rings. The molecular weight excluding hydrogens is 208 g/mol. The van der Waals surface area contributed by atoms with Crippen LogP contribution in [0.5, 0.6) is 0 Å². The zero-order valence-corrected chi connectivity index (χ0v) is 10.4. The van der Waals surface area contributed by atoms with E-state index < -0.39 is 0 Å². The van der Waals surface area contributed by atoms with Crippen LogP contribution in [0.15, 0.2) is 48.8 Å². The van der Waals surface area contributed by atoms with Crippen LogP contribution in [0.2, 0.25) is 0 Å². The number of hydrogen-bond donors (Lipinski definition) is 1. The Morgan fingerprint density at radius 3 is 2.53 bits per heavy atom. The molecule has 0 bridgehead atoms. The van der Waals surface area contributed by atoms with Crippen LogP contribution in [0, 0.1) is 6.92 Å². The van der Waals surface area contributed by atoms with Crippen LogP contribution >= 0.6 is 0 Å². The van der Waals surface area contributed by atoms with Crippen LogP contribution in [0.1, 0.15) is 30.5 Å². The third-order valence-electron chi connectivity index (χ3n) is 2.89. The molecule has 1 unspecified atom stereocenters. The second kappa shape index (κ2) is 5.48. The molecule has 0 amide bonds. The molecular formula is C15H18N2. The average Bonchev–Trinajstić information content (AvgIpc) is 2.38. The van der Waals surface area contributed by atoms with Gasteiger partial charge in [0, 0.05) is 12.4 Å². The summed E-state index contributed by atoms with van der Waals surface area (Å²) in [6, 6.07) is 13.0. The van der Waals surface area contributed by atoms with E-state index in [-0.39, 0.29) is 0 Å². The molecule has 0 aliphatic carbocycles. The Hall–Kier alpha value is -1.83. The first-order valence-corrected chi connectivity index (χ1v) is 6.02. The van der Waals surface area contributed by atoms with Crippen molar-refractivity contribution >= 4 is 5.69 Å². The van der Waals surface area contributed by atoms with Crippen LogP contribution in [0.3, 0.4) is 0 Å². The molecule has 0 saturated carbocycles. The second-order valence-corrected chi connectivity index (χ2v) is 4.26. The third-order valence-corrected chi connectivity index (χ3v) is 2.89. The first-order valence-electron chi connectivity index (χ1n) is 6.02. The van der Waals surface area contributed by atoms with E-state index in [1.165, 1.54) is 11.1 Å². The van der Waals surface area contributed by atoms with Crippen LogP contribution in [-0.2, 0) is 0 Å². The van der Waals surface area contributed by atoms with Crippen molar-refractivity contribution in [1.82, 2.24) is 4.98 Å². The predicted molar refractivity (Wildman–Crippen MR) is 72.1 cm³/mol. The number of pyridine rings is 1. The van der Waals surface area contributed by atoms with Crippen molar-refractivity contribution in [2.75, 3.05) is 5.32 Å². The van der Waals surface area contributed by atoms with E-state index in [4.69, 9.17) is 0 Å². The topological polar surface area (TPSA) is 24.9 Å². The van der Waals surface area contributed by atoms with Gasteiger partial charge in [0.15, 0.2) is 0 Å². The van der Waals surface area contributed by atoms with Crippen LogP contribution in [-0.4, -0.2) is 4.98 Å². The van der Waals surface area contributed by atoms with E-state index in [1.54, 1.807) is 6.20 Å². The highest BCUT2D eigenvalue weighted by molar-refractivity contribution is 5.43. The highest BCUT2D eigenvalue weighted by Gasteiger charge is 2.08. The van der Waals surface area contributed by atoms with Crippen molar-refractivity contribution in [3.8, 4) is 0 Å². The summed E-state index contributed by atoms with van der Waals surface area (Å²) in [5, 5.41) is 3.50. The normalized spacial score (nSPS) is 12.1. The maximum absolute atomic E-state index is 4.12. The second-order valence-electron chi connectivity index (χ2n) is 4.26. The van der Waals surface area contributed by atoms with E-state index in [0.717, 1.165) is 12.1 Å². The molecule has 0 spiro atoms. The largest absolute Gasteiger partial charge is 0.377 e. The fourth-order valence-electron chi connectivity index (χ4n) is 1.87. The molecule has 0 aliphatic rings. The van der Waals surface area contributed by atoms with E-state index in [9.17, 15) is 0 Å². The van der Waals surface area contributed by atoms with Crippen molar-refractivity contribution < 1.29 is 0 Å². The maximum Gasteiger partial charge on any atom is 0.0531 e. The minimum atomic E-state index is 0.347. The molecule has 1 N–H and O–H groups in total. The molecule has 88 valence electrons. The van der Waals surface area contributed by atoms with Crippen LogP contribution in [0.4, 0.5) is 5.69 Å². The molecule has 0 saturated heterocycles. The Balaban J connectivity index is 2.14. The lowest BCUT2D eigenvalue weighted by molar-refractivity contribution is 0.748. The first-order chi connectivity index (χ1) is 8.29. The van der Waals surface area contributed by atoms with E-state index in [0.29, 0.717) is 6.04 Å². The van der Waals surface area contributed by atoms with E-state index in [2.05, 4.69) is 48.4 Å². The van der Waals surface area contributed by atoms with Crippen molar-refractivity contribution in [3.63, 3.8) is 0 Å². The zero-order chi connectivity index (χ0) is 12.1. The van der Waals surface area contributed by atoms with E-state index in [1.807, 2.05) is 18.3 Å². The summed E-state index contributed by atoms with van der Waals surface area (Å²) in [5.74, 6) is 0. The van der Waals surface area contributed by atoms with Gasteiger partial charge in [-0.05, 0) is 31.0 Å². The van der Waals surface area contributed by atoms with E-state index >= 15 is 0 Å². The van der Waals surface area contributed by atoms with Gasteiger partial charge >= 0.3 is 0 Å². The molecule has 1 aromatic carbocycles. The summed E-state index contributed by atoms with van der Waals surface area (Å²) < 4.78 is 0. The summed E-state index contributed by atoms with van der Waals surface area (Å²) in [6.45, 7) is 4.30. The Bertz CT molecular complexity index is 448. The first kappa shape index (κ1) is 11.6. The van der Waals surface area contributed by atoms with Gasteiger partial charge < -0.3 is 5.32 Å². The molecule has 0 radical (unpaired) electrons. The SMILES string of the molecule is CCC(Nc1cccnc1)c1ccc(C)cc1. The predicted octanol–water partition coefficient (Wildman–Crippen LogP) is 3.95. The number of aryl methyl sites for hydroxylation is 1. The van der Waals surface area contributed by atoms with Crippen molar-refractivity contribution in [1.29, 1.82) is 0 Å². The quantitative estimate of drug-likeness (QED) is 0.853. The van der Waals surface area contributed by atoms with Gasteiger partial charge in [-0.15, -0.1) is 0 Å². The van der Waals surface area contributed by atoms with Crippen molar-refractivity contribution in [3.05, 3.63) is 59.9 Å². The van der Waals surface area contributed by atoms with Gasteiger partial charge in [-0.2, -0.15) is 0 Å². The smallest absolute Gasteiger partial charge is 0.0531 e. The van der Waals surface area contributed by atoms with Gasteiger partial charge in [-0.3, -0.25) is 4.98 Å². The molecule has 2 nitrogen and oxygen atoms in total. The lowest BCUT2D eigenvalue weighted by atomic mass is 10.0. The summed E-state index contributed by atoms with van der Waals surface area (Å²) >= 11 is 0. The van der Waals surface area contributed by atoms with Gasteiger partial charge in [0.2, 0.25) is 0 Å². The summed E-state index contributed by atoms with van der Waals surface area (Å²) in [6.07, 6.45) is 4.70. The fourth-order valence-corrected chi connectivity index (χ4v) is 1.87. The molecule has 1 atom stereocenters. The average molecular weight is 226 g/mol. The Morgan fingerprint density at radius 1 is 1.18 bits per heavy atom. The number of anilines is 1. The van der Waals surface area contributed by atoms with Gasteiger partial charge in [-0.25, -0.2) is 0 Å². The number of aromatic nitrogens is 1. The molecule has 1 heterocycles. The Morgan fingerprint density at radius 2 is 1.94 bits per heavy atom. The fraction of sp³-hybridized carbons (Fsp3) is 0.267. The maximum atomic E-state index is 4.12. The number of hydrogen-bond acceptors (Lipinski definition) is 2. The highest BCUT2D eigenvalue weighted by atomic mass is 14.9. The minimum Gasteiger partial charge on any atom is -0.377 e. The summed E-state index contributed by atoms with van der Waals surface area (Å²) in [5.41, 5.74) is 3.69. The molecule has 17 heavy (non-hydrogen) atoms. The highest BCUT2D eigenvalue weighted by Crippen LogP contribution is 2.22. The van der Waals surface area contributed by atoms with Gasteiger partial charge in [0.05, 0.1) is 11.7 Å². The molecule has 1 aromatic heterocycles. The van der Waals surface area contributed by atoms with Crippen LogP contribution < -0.4 is 5.32 Å². The van der Waals surface area contributed by atoms with Gasteiger partial charge in [-0.1, -0.05) is 36.8 Å². The van der Waals surface area contributed by atoms with Gasteiger partial charge in [0.25, 0.3) is 0 Å². The Labute approximate surface area is 103 Å². The number of nitrogens with zero attached hydrogens (tertiary/aromatic N) is 1. The van der Waals surface area contributed by atoms with Gasteiger partial charge in [0.1, 0.15) is 0 Å². The monoisotopic (exact) mass is 226 g/mol. The molecule has 2 aromatic rings. The Kier molecular flexibility index (Phi) is 3.76. The minimum absolute atomic E-state index is 0.347. The number of benzene rings is 1. The number of rotatable bonds is 4. The molecule has 2 heteroatoms. The third kappa shape index (κ3) is 3.06. The lowest BCUT2D eigenvalue weighted by Crippen LogP contribution is -2.09. The zero-order valence-electron chi connectivity index (χ0n) is 10.4. The summed E-state index contributed by atoms with van der Waals surface area (Å²) in [7, 11) is 0. The van der Waals surface area contributed by atoms with Crippen molar-refractivity contribution in [2.45, 2.75) is 26.3 Å². The standard InChI is InChI=1S/C15H18N2/c1-3-15(13-8-6-12(2)7-9-13)17-14-5-4-10-16-11-14/h4-11,15,17H,3H2,1-2H3. The molecule has 0 aliphatic heterocycles.